The lowest BCUT2D eigenvalue weighted by atomic mass is 9.98. The molecule has 0 saturated heterocycles. The summed E-state index contributed by atoms with van der Waals surface area (Å²) in [6.45, 7) is 0. The zero-order valence-corrected chi connectivity index (χ0v) is 10.2. The maximum Gasteiger partial charge on any atom is 0.124 e. The van der Waals surface area contributed by atoms with Gasteiger partial charge in [0.2, 0.25) is 0 Å². The molecular weight excluding hydrogens is 226 g/mol. The number of fused-ring (bicyclic) bond motifs is 1. The fourth-order valence-electron chi connectivity index (χ4n) is 2.22. The van der Waals surface area contributed by atoms with E-state index in [-0.39, 0.29) is 18.4 Å². The first-order valence-corrected chi connectivity index (χ1v) is 5.33. The van der Waals surface area contributed by atoms with Crippen molar-refractivity contribution in [1.82, 2.24) is 0 Å². The molecule has 3 N–H and O–H groups in total. The van der Waals surface area contributed by atoms with Crippen LogP contribution in [0.5, 0.6) is 5.75 Å². The van der Waals surface area contributed by atoms with Gasteiger partial charge in [0.05, 0.1) is 13.2 Å². The van der Waals surface area contributed by atoms with E-state index >= 15 is 0 Å². The van der Waals surface area contributed by atoms with Gasteiger partial charge >= 0.3 is 0 Å². The van der Waals surface area contributed by atoms with E-state index in [2.05, 4.69) is 0 Å². The molecule has 2 rings (SSSR count). The number of ether oxygens (including phenoxy) is 1. The summed E-state index contributed by atoms with van der Waals surface area (Å²) >= 11 is 0. The standard InChI is InChI=1S/C12H17NO2.ClH/c1-15-10-7-3-5-8-4-2-6-9(13)12(14)11(8)10;/h3,5,7,9,12,14H,2,4,6,13H2,1H3;1H. The van der Waals surface area contributed by atoms with Crippen LogP contribution < -0.4 is 10.5 Å². The second-order valence-electron chi connectivity index (χ2n) is 4.03. The molecule has 3 nitrogen and oxygen atoms in total. The molecule has 2 unspecified atom stereocenters. The summed E-state index contributed by atoms with van der Waals surface area (Å²) in [6.07, 6.45) is 2.26. The quantitative estimate of drug-likeness (QED) is 0.740. The molecule has 0 amide bonds. The highest BCUT2D eigenvalue weighted by atomic mass is 35.5. The highest BCUT2D eigenvalue weighted by molar-refractivity contribution is 5.85. The van der Waals surface area contributed by atoms with Gasteiger partial charge in [-0.1, -0.05) is 12.1 Å². The summed E-state index contributed by atoms with van der Waals surface area (Å²) < 4.78 is 5.27. The monoisotopic (exact) mass is 243 g/mol. The average Bonchev–Trinajstić information content (AvgIpc) is 2.40. The molecule has 4 heteroatoms. The van der Waals surface area contributed by atoms with E-state index in [1.807, 2.05) is 18.2 Å². The van der Waals surface area contributed by atoms with Crippen LogP contribution in [0.1, 0.15) is 30.1 Å². The van der Waals surface area contributed by atoms with Gasteiger partial charge in [-0.2, -0.15) is 0 Å². The molecule has 16 heavy (non-hydrogen) atoms. The Balaban J connectivity index is 0.00000128. The Morgan fingerprint density at radius 2 is 2.19 bits per heavy atom. The summed E-state index contributed by atoms with van der Waals surface area (Å²) in [5.74, 6) is 0.748. The van der Waals surface area contributed by atoms with Crippen molar-refractivity contribution < 1.29 is 9.84 Å². The topological polar surface area (TPSA) is 55.5 Å². The third kappa shape index (κ3) is 2.32. The summed E-state index contributed by atoms with van der Waals surface area (Å²) in [6, 6.07) is 5.70. The van der Waals surface area contributed by atoms with E-state index in [0.717, 1.165) is 36.1 Å². The summed E-state index contributed by atoms with van der Waals surface area (Å²) in [7, 11) is 1.62. The first-order chi connectivity index (χ1) is 7.24. The molecule has 0 aromatic heterocycles. The average molecular weight is 244 g/mol. The fourth-order valence-corrected chi connectivity index (χ4v) is 2.22. The van der Waals surface area contributed by atoms with Crippen molar-refractivity contribution in [2.75, 3.05) is 7.11 Å². The van der Waals surface area contributed by atoms with Crippen LogP contribution in [0, 0.1) is 0 Å². The van der Waals surface area contributed by atoms with Gasteiger partial charge in [0.1, 0.15) is 5.75 Å². The molecule has 0 fully saturated rings. The van der Waals surface area contributed by atoms with E-state index in [1.165, 1.54) is 0 Å². The number of rotatable bonds is 1. The number of hydrogen-bond acceptors (Lipinski definition) is 3. The van der Waals surface area contributed by atoms with Crippen LogP contribution >= 0.6 is 12.4 Å². The van der Waals surface area contributed by atoms with Crippen molar-refractivity contribution in [3.05, 3.63) is 29.3 Å². The van der Waals surface area contributed by atoms with E-state index < -0.39 is 6.10 Å². The molecule has 0 radical (unpaired) electrons. The van der Waals surface area contributed by atoms with Crippen molar-refractivity contribution in [1.29, 1.82) is 0 Å². The van der Waals surface area contributed by atoms with Crippen LogP contribution in [0.15, 0.2) is 18.2 Å². The minimum absolute atomic E-state index is 0. The molecule has 1 aliphatic rings. The van der Waals surface area contributed by atoms with Gasteiger partial charge in [-0.25, -0.2) is 0 Å². The third-order valence-electron chi connectivity index (χ3n) is 3.06. The number of aliphatic hydroxyl groups is 1. The molecule has 1 aliphatic carbocycles. The number of aliphatic hydroxyl groups excluding tert-OH is 1. The lowest BCUT2D eigenvalue weighted by Crippen LogP contribution is -2.27. The fraction of sp³-hybridized carbons (Fsp3) is 0.500. The largest absolute Gasteiger partial charge is 0.496 e. The second kappa shape index (κ2) is 5.53. The predicted molar refractivity (Wildman–Crippen MR) is 66.1 cm³/mol. The van der Waals surface area contributed by atoms with E-state index in [1.54, 1.807) is 7.11 Å². The van der Waals surface area contributed by atoms with E-state index in [9.17, 15) is 5.11 Å². The minimum atomic E-state index is -0.598. The van der Waals surface area contributed by atoms with Gasteiger partial charge in [0, 0.05) is 11.6 Å². The van der Waals surface area contributed by atoms with Crippen LogP contribution in [0.2, 0.25) is 0 Å². The summed E-state index contributed by atoms with van der Waals surface area (Å²) in [4.78, 5) is 0. The zero-order chi connectivity index (χ0) is 10.8. The van der Waals surface area contributed by atoms with Gasteiger partial charge in [-0.3, -0.25) is 0 Å². The van der Waals surface area contributed by atoms with Gasteiger partial charge in [0.15, 0.2) is 0 Å². The molecule has 1 aromatic carbocycles. The highest BCUT2D eigenvalue weighted by Gasteiger charge is 2.25. The van der Waals surface area contributed by atoms with Crippen molar-refractivity contribution in [2.45, 2.75) is 31.4 Å². The molecule has 0 heterocycles. The van der Waals surface area contributed by atoms with Gasteiger partial charge in [-0.05, 0) is 30.9 Å². The van der Waals surface area contributed by atoms with Crippen molar-refractivity contribution >= 4 is 12.4 Å². The minimum Gasteiger partial charge on any atom is -0.496 e. The van der Waals surface area contributed by atoms with Crippen molar-refractivity contribution in [2.24, 2.45) is 5.73 Å². The Hall–Kier alpha value is -0.770. The van der Waals surface area contributed by atoms with Crippen molar-refractivity contribution in [3.8, 4) is 5.75 Å². The summed E-state index contributed by atoms with van der Waals surface area (Å²) in [5, 5.41) is 10.1. The van der Waals surface area contributed by atoms with Crippen LogP contribution in [-0.4, -0.2) is 18.3 Å². The molecule has 90 valence electrons. The lowest BCUT2D eigenvalue weighted by molar-refractivity contribution is 0.141. The normalized spacial score (nSPS) is 23.9. The van der Waals surface area contributed by atoms with Gasteiger partial charge in [0.25, 0.3) is 0 Å². The predicted octanol–water partition coefficient (Wildman–Crippen LogP) is 1.81. The SMILES string of the molecule is COc1cccc2c1C(O)C(N)CCC2.Cl. The maximum absolute atomic E-state index is 10.1. The zero-order valence-electron chi connectivity index (χ0n) is 9.35. The summed E-state index contributed by atoms with van der Waals surface area (Å²) in [5.41, 5.74) is 7.95. The Bertz CT molecular complexity index is 357. The smallest absolute Gasteiger partial charge is 0.124 e. The molecule has 0 spiro atoms. The second-order valence-corrected chi connectivity index (χ2v) is 4.03. The lowest BCUT2D eigenvalue weighted by Gasteiger charge is -2.20. The number of halogens is 1. The molecule has 0 aliphatic heterocycles. The first-order valence-electron chi connectivity index (χ1n) is 5.33. The Morgan fingerprint density at radius 3 is 2.88 bits per heavy atom. The Kier molecular flexibility index (Phi) is 4.59. The van der Waals surface area contributed by atoms with Gasteiger partial charge < -0.3 is 15.6 Å². The number of nitrogens with two attached hydrogens (primary N) is 1. The van der Waals surface area contributed by atoms with Crippen LogP contribution in [0.25, 0.3) is 0 Å². The van der Waals surface area contributed by atoms with E-state index in [4.69, 9.17) is 10.5 Å². The Morgan fingerprint density at radius 1 is 1.44 bits per heavy atom. The Labute approximate surface area is 102 Å². The van der Waals surface area contributed by atoms with Crippen LogP contribution in [-0.2, 0) is 6.42 Å². The van der Waals surface area contributed by atoms with Gasteiger partial charge in [-0.15, -0.1) is 12.4 Å². The molecular formula is C12H18ClNO2. The molecule has 2 atom stereocenters. The molecule has 0 saturated carbocycles. The number of methoxy groups -OCH3 is 1. The third-order valence-corrected chi connectivity index (χ3v) is 3.06. The first kappa shape index (κ1) is 13.3. The number of hydrogen-bond donors (Lipinski definition) is 2. The maximum atomic E-state index is 10.1. The van der Waals surface area contributed by atoms with E-state index in [0.29, 0.717) is 0 Å². The molecule has 0 bridgehead atoms. The van der Waals surface area contributed by atoms with Crippen LogP contribution in [0.4, 0.5) is 0 Å². The number of benzene rings is 1. The molecule has 1 aromatic rings. The highest BCUT2D eigenvalue weighted by Crippen LogP contribution is 2.34. The van der Waals surface area contributed by atoms with Crippen molar-refractivity contribution in [3.63, 3.8) is 0 Å². The van der Waals surface area contributed by atoms with Crippen LogP contribution in [0.3, 0.4) is 0 Å². The number of aryl methyl sites for hydroxylation is 1.